The highest BCUT2D eigenvalue weighted by molar-refractivity contribution is 5.82. The van der Waals surface area contributed by atoms with E-state index in [9.17, 15) is 9.18 Å². The van der Waals surface area contributed by atoms with Gasteiger partial charge in [0, 0.05) is 19.0 Å². The van der Waals surface area contributed by atoms with Crippen LogP contribution in [0.3, 0.4) is 0 Å². The molecule has 0 unspecified atom stereocenters. The predicted octanol–water partition coefficient (Wildman–Crippen LogP) is 0.556. The molecule has 4 heteroatoms. The lowest BCUT2D eigenvalue weighted by atomic mass is 9.97. The Morgan fingerprint density at radius 1 is 1.43 bits per heavy atom. The third kappa shape index (κ3) is 1.90. The highest BCUT2D eigenvalue weighted by atomic mass is 19.1. The third-order valence-corrected chi connectivity index (χ3v) is 3.10. The number of likely N-dealkylation sites (tertiary alicyclic amines) is 1. The molecule has 0 saturated carbocycles. The van der Waals surface area contributed by atoms with Crippen LogP contribution < -0.4 is 5.32 Å². The summed E-state index contributed by atoms with van der Waals surface area (Å²) in [6.07, 6.45) is 3.23. The summed E-state index contributed by atoms with van der Waals surface area (Å²) in [5.74, 6) is 0.275. The Morgan fingerprint density at radius 3 is 2.79 bits per heavy atom. The molecule has 1 N–H and O–H groups in total. The molecule has 0 aromatic carbocycles. The summed E-state index contributed by atoms with van der Waals surface area (Å²) in [5, 5.41) is 3.22. The van der Waals surface area contributed by atoms with Gasteiger partial charge in [-0.3, -0.25) is 9.18 Å². The third-order valence-electron chi connectivity index (χ3n) is 3.10. The predicted molar refractivity (Wildman–Crippen MR) is 51.7 cm³/mol. The van der Waals surface area contributed by atoms with Gasteiger partial charge in [0.25, 0.3) is 0 Å². The van der Waals surface area contributed by atoms with E-state index in [1.807, 2.05) is 0 Å². The molecule has 0 radical (unpaired) electrons. The normalized spacial score (nSPS) is 28.6. The first kappa shape index (κ1) is 9.90. The summed E-state index contributed by atoms with van der Waals surface area (Å²) in [6, 6.07) is 0.00399. The quantitative estimate of drug-likeness (QED) is 0.706. The number of carbonyl (C=O) groups is 1. The molecule has 2 heterocycles. The van der Waals surface area contributed by atoms with Crippen molar-refractivity contribution < 1.29 is 9.18 Å². The van der Waals surface area contributed by atoms with E-state index in [0.29, 0.717) is 13.1 Å². The van der Waals surface area contributed by atoms with Crippen molar-refractivity contribution in [2.24, 2.45) is 5.92 Å². The van der Waals surface area contributed by atoms with Gasteiger partial charge in [0.15, 0.2) is 0 Å². The first-order valence-electron chi connectivity index (χ1n) is 5.39. The largest absolute Gasteiger partial charge is 0.340 e. The van der Waals surface area contributed by atoms with Gasteiger partial charge >= 0.3 is 0 Å². The topological polar surface area (TPSA) is 32.3 Å². The smallest absolute Gasteiger partial charge is 0.239 e. The molecule has 2 aliphatic rings. The number of piperidine rings is 1. The van der Waals surface area contributed by atoms with Crippen molar-refractivity contribution in [1.29, 1.82) is 0 Å². The van der Waals surface area contributed by atoms with Crippen molar-refractivity contribution >= 4 is 5.91 Å². The number of nitrogens with zero attached hydrogens (tertiary/aromatic N) is 1. The van der Waals surface area contributed by atoms with Gasteiger partial charge in [-0.1, -0.05) is 6.42 Å². The lowest BCUT2D eigenvalue weighted by molar-refractivity contribution is -0.140. The standard InChI is InChI=1S/C10H17FN2O/c11-5-8-6-13(7-8)10(14)9-3-1-2-4-12-9/h8-9,12H,1-7H2/t9-/m0/s1. The molecule has 2 saturated heterocycles. The number of carbonyl (C=O) groups excluding carboxylic acids is 1. The van der Waals surface area contributed by atoms with Gasteiger partial charge < -0.3 is 10.2 Å². The summed E-state index contributed by atoms with van der Waals surface area (Å²) in [4.78, 5) is 13.6. The zero-order chi connectivity index (χ0) is 9.97. The molecular weight excluding hydrogens is 183 g/mol. The Bertz CT molecular complexity index is 210. The maximum absolute atomic E-state index is 12.2. The zero-order valence-electron chi connectivity index (χ0n) is 8.34. The van der Waals surface area contributed by atoms with Crippen molar-refractivity contribution in [1.82, 2.24) is 10.2 Å². The molecule has 0 bridgehead atoms. The molecule has 2 fully saturated rings. The first-order valence-corrected chi connectivity index (χ1v) is 5.39. The minimum absolute atomic E-state index is 0.00399. The van der Waals surface area contributed by atoms with Crippen LogP contribution in [0.1, 0.15) is 19.3 Å². The lowest BCUT2D eigenvalue weighted by Gasteiger charge is -2.40. The average Bonchev–Trinajstić information content (AvgIpc) is 2.17. The van der Waals surface area contributed by atoms with E-state index in [-0.39, 0.29) is 24.5 Å². The summed E-state index contributed by atoms with van der Waals surface area (Å²) in [6.45, 7) is 1.89. The number of nitrogens with one attached hydrogen (secondary N) is 1. The van der Waals surface area contributed by atoms with Crippen molar-refractivity contribution in [3.8, 4) is 0 Å². The van der Waals surface area contributed by atoms with Crippen molar-refractivity contribution in [3.63, 3.8) is 0 Å². The fourth-order valence-electron chi connectivity index (χ4n) is 2.13. The van der Waals surface area contributed by atoms with E-state index in [1.54, 1.807) is 4.90 Å². The van der Waals surface area contributed by atoms with Gasteiger partial charge in [-0.25, -0.2) is 0 Å². The van der Waals surface area contributed by atoms with Crippen LogP contribution in [0, 0.1) is 5.92 Å². The Morgan fingerprint density at radius 2 is 2.21 bits per heavy atom. The first-order chi connectivity index (χ1) is 6.81. The maximum atomic E-state index is 12.2. The molecule has 0 spiro atoms. The van der Waals surface area contributed by atoms with Crippen LogP contribution in [0.15, 0.2) is 0 Å². The second kappa shape index (κ2) is 4.26. The molecule has 2 aliphatic heterocycles. The van der Waals surface area contributed by atoms with Gasteiger partial charge in [0.2, 0.25) is 5.91 Å². The lowest BCUT2D eigenvalue weighted by Crippen LogP contribution is -2.57. The van der Waals surface area contributed by atoms with Crippen LogP contribution in [-0.2, 0) is 4.79 Å². The second-order valence-corrected chi connectivity index (χ2v) is 4.27. The summed E-state index contributed by atoms with van der Waals surface area (Å²) in [5.41, 5.74) is 0. The minimum Gasteiger partial charge on any atom is -0.340 e. The van der Waals surface area contributed by atoms with Crippen LogP contribution in [0.5, 0.6) is 0 Å². The van der Waals surface area contributed by atoms with E-state index < -0.39 is 0 Å². The summed E-state index contributed by atoms with van der Waals surface area (Å²) < 4.78 is 12.2. The van der Waals surface area contributed by atoms with E-state index in [0.717, 1.165) is 25.8 Å². The SMILES string of the molecule is O=C([C@@H]1CCCCN1)N1CC(CF)C1. The monoisotopic (exact) mass is 200 g/mol. The van der Waals surface area contributed by atoms with Gasteiger partial charge in [0.05, 0.1) is 12.7 Å². The van der Waals surface area contributed by atoms with Crippen LogP contribution in [0.4, 0.5) is 4.39 Å². The number of alkyl halides is 1. The molecule has 2 rings (SSSR count). The van der Waals surface area contributed by atoms with Crippen molar-refractivity contribution in [2.45, 2.75) is 25.3 Å². The fraction of sp³-hybridized carbons (Fsp3) is 0.900. The summed E-state index contributed by atoms with van der Waals surface area (Å²) in [7, 11) is 0. The number of halogens is 1. The molecule has 0 aromatic rings. The number of hydrogen-bond donors (Lipinski definition) is 1. The minimum atomic E-state index is -0.290. The Hall–Kier alpha value is -0.640. The zero-order valence-corrected chi connectivity index (χ0v) is 8.34. The molecule has 3 nitrogen and oxygen atoms in total. The van der Waals surface area contributed by atoms with Crippen molar-refractivity contribution in [2.75, 3.05) is 26.3 Å². The average molecular weight is 200 g/mol. The Balaban J connectivity index is 1.78. The van der Waals surface area contributed by atoms with E-state index in [1.165, 1.54) is 0 Å². The Labute approximate surface area is 83.6 Å². The van der Waals surface area contributed by atoms with Crippen LogP contribution in [0.2, 0.25) is 0 Å². The molecule has 80 valence electrons. The molecule has 0 aromatic heterocycles. The Kier molecular flexibility index (Phi) is 3.01. The molecule has 0 aliphatic carbocycles. The highest BCUT2D eigenvalue weighted by Gasteiger charge is 2.34. The van der Waals surface area contributed by atoms with Gasteiger partial charge in [-0.2, -0.15) is 0 Å². The molecule has 1 amide bonds. The van der Waals surface area contributed by atoms with E-state index in [4.69, 9.17) is 0 Å². The van der Waals surface area contributed by atoms with Crippen molar-refractivity contribution in [3.05, 3.63) is 0 Å². The van der Waals surface area contributed by atoms with E-state index in [2.05, 4.69) is 5.32 Å². The maximum Gasteiger partial charge on any atom is 0.239 e. The summed E-state index contributed by atoms with van der Waals surface area (Å²) >= 11 is 0. The second-order valence-electron chi connectivity index (χ2n) is 4.27. The molecule has 1 atom stereocenters. The highest BCUT2D eigenvalue weighted by Crippen LogP contribution is 2.19. The van der Waals surface area contributed by atoms with Crippen LogP contribution >= 0.6 is 0 Å². The number of amides is 1. The van der Waals surface area contributed by atoms with Crippen LogP contribution in [0.25, 0.3) is 0 Å². The fourth-order valence-corrected chi connectivity index (χ4v) is 2.13. The number of hydrogen-bond acceptors (Lipinski definition) is 2. The molecule has 14 heavy (non-hydrogen) atoms. The van der Waals surface area contributed by atoms with Crippen LogP contribution in [-0.4, -0.2) is 43.2 Å². The van der Waals surface area contributed by atoms with Gasteiger partial charge in [-0.15, -0.1) is 0 Å². The van der Waals surface area contributed by atoms with Gasteiger partial charge in [0.1, 0.15) is 0 Å². The van der Waals surface area contributed by atoms with E-state index >= 15 is 0 Å². The number of rotatable bonds is 2. The van der Waals surface area contributed by atoms with Gasteiger partial charge in [-0.05, 0) is 19.4 Å². The molecular formula is C10H17FN2O.